The quantitative estimate of drug-likeness (QED) is 0.652. The van der Waals surface area contributed by atoms with Crippen LogP contribution in [0.5, 0.6) is 0 Å². The van der Waals surface area contributed by atoms with Crippen molar-refractivity contribution in [3.63, 3.8) is 0 Å². The van der Waals surface area contributed by atoms with Gasteiger partial charge in [-0.15, -0.1) is 0 Å². The first-order chi connectivity index (χ1) is 10.6. The van der Waals surface area contributed by atoms with E-state index >= 15 is 0 Å². The lowest BCUT2D eigenvalue weighted by molar-refractivity contribution is -0.167. The smallest absolute Gasteiger partial charge is 0.344 e. The van der Waals surface area contributed by atoms with Crippen LogP contribution in [0, 0.1) is 0 Å². The fourth-order valence-corrected chi connectivity index (χ4v) is 2.71. The Labute approximate surface area is 128 Å². The van der Waals surface area contributed by atoms with Crippen molar-refractivity contribution in [2.24, 2.45) is 0 Å². The van der Waals surface area contributed by atoms with Gasteiger partial charge >= 0.3 is 11.9 Å². The monoisotopic (exact) mass is 305 g/mol. The van der Waals surface area contributed by atoms with Crippen LogP contribution in [-0.4, -0.2) is 36.6 Å². The van der Waals surface area contributed by atoms with E-state index in [1.54, 1.807) is 38.1 Å². The highest BCUT2D eigenvalue weighted by atomic mass is 16.6. The molecule has 1 aliphatic heterocycles. The Morgan fingerprint density at radius 3 is 2.18 bits per heavy atom. The van der Waals surface area contributed by atoms with Crippen molar-refractivity contribution in [1.82, 2.24) is 5.32 Å². The van der Waals surface area contributed by atoms with Gasteiger partial charge in [-0.2, -0.15) is 0 Å². The molecule has 1 heterocycles. The maximum absolute atomic E-state index is 12.5. The van der Waals surface area contributed by atoms with Gasteiger partial charge in [-0.05, 0) is 19.4 Å². The van der Waals surface area contributed by atoms with Crippen LogP contribution in [0.1, 0.15) is 31.7 Å². The highest BCUT2D eigenvalue weighted by Crippen LogP contribution is 2.38. The van der Waals surface area contributed by atoms with Crippen LogP contribution in [0.3, 0.4) is 0 Å². The van der Waals surface area contributed by atoms with Crippen molar-refractivity contribution in [1.29, 1.82) is 0 Å². The topological polar surface area (TPSA) is 81.7 Å². The van der Waals surface area contributed by atoms with Gasteiger partial charge < -0.3 is 14.8 Å². The van der Waals surface area contributed by atoms with Gasteiger partial charge in [-0.25, -0.2) is 9.59 Å². The molecule has 1 atom stereocenters. The van der Waals surface area contributed by atoms with Gasteiger partial charge in [0.15, 0.2) is 0 Å². The van der Waals surface area contributed by atoms with Crippen molar-refractivity contribution >= 4 is 17.8 Å². The van der Waals surface area contributed by atoms with Gasteiger partial charge in [0.1, 0.15) is 0 Å². The Morgan fingerprint density at radius 1 is 1.14 bits per heavy atom. The van der Waals surface area contributed by atoms with E-state index in [0.29, 0.717) is 5.56 Å². The molecular formula is C16H19NO5. The normalized spacial score (nSPS) is 19.4. The van der Waals surface area contributed by atoms with Crippen LogP contribution in [-0.2, 0) is 23.9 Å². The molecule has 6 heteroatoms. The lowest BCUT2D eigenvalue weighted by atomic mass is 9.80. The zero-order valence-electron chi connectivity index (χ0n) is 12.6. The minimum absolute atomic E-state index is 0.0294. The molecule has 118 valence electrons. The summed E-state index contributed by atoms with van der Waals surface area (Å²) in [4.78, 5) is 36.9. The summed E-state index contributed by atoms with van der Waals surface area (Å²) in [5.41, 5.74) is -1.10. The van der Waals surface area contributed by atoms with Crippen molar-refractivity contribution in [2.75, 3.05) is 13.2 Å². The molecular weight excluding hydrogens is 286 g/mol. The first-order valence-corrected chi connectivity index (χ1v) is 7.26. The van der Waals surface area contributed by atoms with Crippen LogP contribution in [0.4, 0.5) is 0 Å². The number of carbonyl (C=O) groups is 3. The van der Waals surface area contributed by atoms with Gasteiger partial charge in [0.2, 0.25) is 11.4 Å². The number of rotatable bonds is 5. The van der Waals surface area contributed by atoms with Crippen LogP contribution < -0.4 is 5.32 Å². The number of nitrogens with one attached hydrogen (secondary N) is 1. The average Bonchev–Trinajstić information content (AvgIpc) is 2.87. The third-order valence-electron chi connectivity index (χ3n) is 3.65. The van der Waals surface area contributed by atoms with Gasteiger partial charge in [0.25, 0.3) is 0 Å². The number of hydrogen-bond donors (Lipinski definition) is 1. The molecule has 1 saturated heterocycles. The molecule has 0 aliphatic carbocycles. The van der Waals surface area contributed by atoms with Gasteiger partial charge in [0, 0.05) is 12.3 Å². The molecule has 1 aromatic rings. The van der Waals surface area contributed by atoms with Crippen molar-refractivity contribution in [3.8, 4) is 0 Å². The second-order valence-electron chi connectivity index (χ2n) is 4.96. The predicted molar refractivity (Wildman–Crippen MR) is 77.9 cm³/mol. The summed E-state index contributed by atoms with van der Waals surface area (Å²) in [6.45, 7) is 3.50. The molecule has 1 amide bonds. The molecule has 1 N–H and O–H groups in total. The summed E-state index contributed by atoms with van der Waals surface area (Å²) in [7, 11) is 0. The summed E-state index contributed by atoms with van der Waals surface area (Å²) in [6, 6.07) is 8.96. The molecule has 1 fully saturated rings. The van der Waals surface area contributed by atoms with Crippen molar-refractivity contribution in [2.45, 2.75) is 31.7 Å². The number of esters is 2. The number of amides is 1. The van der Waals surface area contributed by atoms with Crippen molar-refractivity contribution in [3.05, 3.63) is 35.9 Å². The van der Waals surface area contributed by atoms with E-state index in [2.05, 4.69) is 5.32 Å². The molecule has 0 aromatic heterocycles. The molecule has 0 spiro atoms. The Balaban J connectivity index is 2.50. The SMILES string of the molecule is CCOC(=O)C1(C(=O)OCC)NC(=O)CC1c1ccccc1. The lowest BCUT2D eigenvalue weighted by Crippen LogP contribution is -2.59. The largest absolute Gasteiger partial charge is 0.464 e. The lowest BCUT2D eigenvalue weighted by Gasteiger charge is -2.30. The highest BCUT2D eigenvalue weighted by Gasteiger charge is 2.61. The fraction of sp³-hybridized carbons (Fsp3) is 0.438. The van der Waals surface area contributed by atoms with Gasteiger partial charge in [-0.1, -0.05) is 30.3 Å². The predicted octanol–water partition coefficient (Wildman–Crippen LogP) is 1.16. The summed E-state index contributed by atoms with van der Waals surface area (Å²) in [5, 5.41) is 2.50. The van der Waals surface area contributed by atoms with E-state index in [4.69, 9.17) is 9.47 Å². The number of benzene rings is 1. The Hall–Kier alpha value is -2.37. The molecule has 2 rings (SSSR count). The maximum Gasteiger partial charge on any atom is 0.344 e. The number of carbonyl (C=O) groups excluding carboxylic acids is 3. The van der Waals surface area contributed by atoms with Gasteiger partial charge in [0.05, 0.1) is 13.2 Å². The molecule has 1 unspecified atom stereocenters. The fourth-order valence-electron chi connectivity index (χ4n) is 2.71. The summed E-state index contributed by atoms with van der Waals surface area (Å²) in [6.07, 6.45) is 0.0294. The Kier molecular flexibility index (Phi) is 4.80. The average molecular weight is 305 g/mol. The first-order valence-electron chi connectivity index (χ1n) is 7.26. The minimum Gasteiger partial charge on any atom is -0.464 e. The third kappa shape index (κ3) is 2.68. The summed E-state index contributed by atoms with van der Waals surface area (Å²) >= 11 is 0. The summed E-state index contributed by atoms with van der Waals surface area (Å²) in [5.74, 6) is -2.60. The van der Waals surface area contributed by atoms with E-state index in [1.165, 1.54) is 0 Å². The second kappa shape index (κ2) is 6.60. The minimum atomic E-state index is -1.82. The molecule has 1 aromatic carbocycles. The van der Waals surface area contributed by atoms with Crippen LogP contribution in [0.2, 0.25) is 0 Å². The van der Waals surface area contributed by atoms with E-state index in [0.717, 1.165) is 0 Å². The molecule has 22 heavy (non-hydrogen) atoms. The zero-order chi connectivity index (χ0) is 16.2. The third-order valence-corrected chi connectivity index (χ3v) is 3.65. The standard InChI is InChI=1S/C16H19NO5/c1-3-21-14(19)16(15(20)22-4-2)12(10-13(18)17-16)11-8-6-5-7-9-11/h5-9,12H,3-4,10H2,1-2H3,(H,17,18). The Morgan fingerprint density at radius 2 is 1.68 bits per heavy atom. The highest BCUT2D eigenvalue weighted by molar-refractivity contribution is 6.11. The van der Waals surface area contributed by atoms with Crippen LogP contribution in [0.15, 0.2) is 30.3 Å². The van der Waals surface area contributed by atoms with Gasteiger partial charge in [-0.3, -0.25) is 4.79 Å². The molecule has 1 aliphatic rings. The second-order valence-corrected chi connectivity index (χ2v) is 4.96. The number of hydrogen-bond acceptors (Lipinski definition) is 5. The Bertz CT molecular complexity index is 551. The van der Waals surface area contributed by atoms with Crippen molar-refractivity contribution < 1.29 is 23.9 Å². The van der Waals surface area contributed by atoms with Crippen LogP contribution >= 0.6 is 0 Å². The van der Waals surface area contributed by atoms with E-state index in [1.807, 2.05) is 6.07 Å². The molecule has 6 nitrogen and oxygen atoms in total. The van der Waals surface area contributed by atoms with E-state index < -0.39 is 23.4 Å². The molecule has 0 radical (unpaired) electrons. The van der Waals surface area contributed by atoms with E-state index in [-0.39, 0.29) is 25.5 Å². The zero-order valence-corrected chi connectivity index (χ0v) is 12.6. The first kappa shape index (κ1) is 16.0. The summed E-state index contributed by atoms with van der Waals surface area (Å²) < 4.78 is 10.1. The van der Waals surface area contributed by atoms with E-state index in [9.17, 15) is 14.4 Å². The number of ether oxygens (including phenoxy) is 2. The molecule has 0 bridgehead atoms. The molecule has 0 saturated carbocycles. The van der Waals surface area contributed by atoms with Crippen LogP contribution in [0.25, 0.3) is 0 Å². The maximum atomic E-state index is 12.5.